The molecule has 21 heavy (non-hydrogen) atoms. The molecule has 0 saturated carbocycles. The van der Waals surface area contributed by atoms with E-state index in [0.29, 0.717) is 10.0 Å². The predicted octanol–water partition coefficient (Wildman–Crippen LogP) is 4.94. The first kappa shape index (κ1) is 15.6. The number of halogens is 5. The molecule has 0 aliphatic heterocycles. The summed E-state index contributed by atoms with van der Waals surface area (Å²) < 4.78 is 56.2. The first-order valence-corrected chi connectivity index (χ1v) is 6.68. The van der Waals surface area contributed by atoms with Gasteiger partial charge in [-0.3, -0.25) is 0 Å². The molecule has 0 unspecified atom stereocenters. The van der Waals surface area contributed by atoms with Gasteiger partial charge in [-0.2, -0.15) is 8.78 Å². The van der Waals surface area contributed by atoms with Crippen molar-refractivity contribution in [2.45, 2.75) is 13.2 Å². The van der Waals surface area contributed by atoms with Crippen LogP contribution in [0.3, 0.4) is 0 Å². The Bertz CT molecular complexity index is 636. The van der Waals surface area contributed by atoms with Crippen molar-refractivity contribution in [3.8, 4) is 5.75 Å². The van der Waals surface area contributed by atoms with Gasteiger partial charge in [0.15, 0.2) is 11.6 Å². The third-order valence-electron chi connectivity index (χ3n) is 2.66. The summed E-state index contributed by atoms with van der Waals surface area (Å²) in [6, 6.07) is 8.16. The summed E-state index contributed by atoms with van der Waals surface area (Å²) in [7, 11) is 0. The van der Waals surface area contributed by atoms with Crippen LogP contribution < -0.4 is 10.1 Å². The van der Waals surface area contributed by atoms with Crippen LogP contribution in [0.4, 0.5) is 23.2 Å². The number of benzene rings is 2. The van der Waals surface area contributed by atoms with E-state index in [1.165, 1.54) is 18.2 Å². The van der Waals surface area contributed by atoms with Crippen molar-refractivity contribution in [2.75, 3.05) is 5.32 Å². The molecule has 1 N–H and O–H groups in total. The van der Waals surface area contributed by atoms with Gasteiger partial charge in [-0.1, -0.05) is 22.0 Å². The number of alkyl halides is 2. The van der Waals surface area contributed by atoms with Crippen molar-refractivity contribution in [1.82, 2.24) is 0 Å². The molecule has 0 saturated heterocycles. The Morgan fingerprint density at radius 3 is 2.62 bits per heavy atom. The van der Waals surface area contributed by atoms with Gasteiger partial charge in [0.2, 0.25) is 0 Å². The van der Waals surface area contributed by atoms with Crippen molar-refractivity contribution < 1.29 is 22.3 Å². The minimum absolute atomic E-state index is 0.00185. The van der Waals surface area contributed by atoms with Gasteiger partial charge >= 0.3 is 6.61 Å². The van der Waals surface area contributed by atoms with E-state index in [4.69, 9.17) is 0 Å². The smallest absolute Gasteiger partial charge is 0.387 e. The largest absolute Gasteiger partial charge is 0.434 e. The minimum atomic E-state index is -2.96. The summed E-state index contributed by atoms with van der Waals surface area (Å²) in [5, 5.41) is 2.65. The molecule has 2 aromatic carbocycles. The van der Waals surface area contributed by atoms with Crippen molar-refractivity contribution in [3.05, 3.63) is 58.1 Å². The zero-order chi connectivity index (χ0) is 15.4. The molecule has 2 aromatic rings. The van der Waals surface area contributed by atoms with Gasteiger partial charge in [-0.25, -0.2) is 8.78 Å². The van der Waals surface area contributed by atoms with Gasteiger partial charge in [0, 0.05) is 16.6 Å². The number of hydrogen-bond donors (Lipinski definition) is 1. The molecule has 0 radical (unpaired) electrons. The Balaban J connectivity index is 2.19. The highest BCUT2D eigenvalue weighted by Gasteiger charge is 2.12. The van der Waals surface area contributed by atoms with Crippen LogP contribution in [-0.2, 0) is 6.54 Å². The molecule has 0 heterocycles. The van der Waals surface area contributed by atoms with Gasteiger partial charge in [0.1, 0.15) is 5.75 Å². The third kappa shape index (κ3) is 4.10. The molecule has 0 aliphatic rings. The van der Waals surface area contributed by atoms with Crippen LogP contribution in [0, 0.1) is 11.6 Å². The third-order valence-corrected chi connectivity index (χ3v) is 3.15. The van der Waals surface area contributed by atoms with Crippen molar-refractivity contribution in [3.63, 3.8) is 0 Å². The second-order valence-corrected chi connectivity index (χ2v) is 5.00. The van der Waals surface area contributed by atoms with Gasteiger partial charge in [-0.05, 0) is 30.3 Å². The SMILES string of the molecule is Fc1cccc(NCc2cc(Br)ccc2OC(F)F)c1F. The highest BCUT2D eigenvalue weighted by atomic mass is 79.9. The lowest BCUT2D eigenvalue weighted by molar-refractivity contribution is -0.0504. The van der Waals surface area contributed by atoms with Gasteiger partial charge in [0.25, 0.3) is 0 Å². The maximum Gasteiger partial charge on any atom is 0.387 e. The topological polar surface area (TPSA) is 21.3 Å². The molecular formula is C14H10BrF4NO. The Labute approximate surface area is 126 Å². The molecule has 0 aromatic heterocycles. The summed E-state index contributed by atoms with van der Waals surface area (Å²) in [5.41, 5.74) is 0.325. The number of anilines is 1. The average molecular weight is 364 g/mol. The summed E-state index contributed by atoms with van der Waals surface area (Å²) in [6.45, 7) is -2.96. The summed E-state index contributed by atoms with van der Waals surface area (Å²) in [6.07, 6.45) is 0. The Morgan fingerprint density at radius 2 is 1.90 bits per heavy atom. The zero-order valence-corrected chi connectivity index (χ0v) is 12.1. The van der Waals surface area contributed by atoms with Gasteiger partial charge in [-0.15, -0.1) is 0 Å². The number of hydrogen-bond acceptors (Lipinski definition) is 2. The van der Waals surface area contributed by atoms with E-state index in [1.807, 2.05) is 0 Å². The van der Waals surface area contributed by atoms with Crippen LogP contribution in [0.5, 0.6) is 5.75 Å². The molecule has 2 rings (SSSR count). The highest BCUT2D eigenvalue weighted by Crippen LogP contribution is 2.26. The fraction of sp³-hybridized carbons (Fsp3) is 0.143. The molecule has 112 valence electrons. The van der Waals surface area contributed by atoms with Gasteiger partial charge < -0.3 is 10.1 Å². The molecule has 0 aliphatic carbocycles. The summed E-state index contributed by atoms with van der Waals surface area (Å²) >= 11 is 3.21. The lowest BCUT2D eigenvalue weighted by Gasteiger charge is -2.13. The van der Waals surface area contributed by atoms with E-state index in [2.05, 4.69) is 26.0 Å². The Kier molecular flexibility index (Phi) is 5.06. The van der Waals surface area contributed by atoms with Crippen molar-refractivity contribution in [2.24, 2.45) is 0 Å². The van der Waals surface area contributed by atoms with Crippen LogP contribution in [0.2, 0.25) is 0 Å². The molecule has 0 fully saturated rings. The van der Waals surface area contributed by atoms with Crippen LogP contribution in [0.1, 0.15) is 5.56 Å². The molecule has 0 spiro atoms. The Morgan fingerprint density at radius 1 is 1.14 bits per heavy atom. The summed E-state index contributed by atoms with van der Waals surface area (Å²) in [4.78, 5) is 0. The zero-order valence-electron chi connectivity index (χ0n) is 10.5. The molecule has 7 heteroatoms. The van der Waals surface area contributed by atoms with Crippen molar-refractivity contribution in [1.29, 1.82) is 0 Å². The maximum atomic E-state index is 13.5. The molecule has 0 atom stereocenters. The monoisotopic (exact) mass is 363 g/mol. The van der Waals surface area contributed by atoms with E-state index in [9.17, 15) is 17.6 Å². The first-order valence-electron chi connectivity index (χ1n) is 5.88. The van der Waals surface area contributed by atoms with Crippen LogP contribution >= 0.6 is 15.9 Å². The molecule has 0 bridgehead atoms. The van der Waals surface area contributed by atoms with Crippen LogP contribution in [0.25, 0.3) is 0 Å². The minimum Gasteiger partial charge on any atom is -0.434 e. The lowest BCUT2D eigenvalue weighted by Crippen LogP contribution is -2.08. The fourth-order valence-electron chi connectivity index (χ4n) is 1.73. The second-order valence-electron chi connectivity index (χ2n) is 4.09. The number of ether oxygens (including phenoxy) is 1. The van der Waals surface area contributed by atoms with Crippen molar-refractivity contribution >= 4 is 21.6 Å². The number of nitrogens with one attached hydrogen (secondary N) is 1. The summed E-state index contributed by atoms with van der Waals surface area (Å²) in [5.74, 6) is -2.04. The van der Waals surface area contributed by atoms with E-state index < -0.39 is 18.2 Å². The molecule has 2 nitrogen and oxygen atoms in total. The lowest BCUT2D eigenvalue weighted by atomic mass is 10.2. The van der Waals surface area contributed by atoms with E-state index >= 15 is 0 Å². The van der Waals surface area contributed by atoms with Gasteiger partial charge in [0.05, 0.1) is 5.69 Å². The van der Waals surface area contributed by atoms with E-state index in [1.54, 1.807) is 12.1 Å². The Hall–Kier alpha value is -1.76. The standard InChI is InChI=1S/C14H10BrF4NO/c15-9-4-5-12(21-14(18)19)8(6-9)7-20-11-3-1-2-10(16)13(11)17/h1-6,14,20H,7H2. The average Bonchev–Trinajstić information content (AvgIpc) is 2.42. The fourth-order valence-corrected chi connectivity index (χ4v) is 2.14. The predicted molar refractivity (Wildman–Crippen MR) is 74.5 cm³/mol. The van der Waals surface area contributed by atoms with E-state index in [0.717, 1.165) is 6.07 Å². The second kappa shape index (κ2) is 6.80. The van der Waals surface area contributed by atoms with E-state index in [-0.39, 0.29) is 18.0 Å². The van der Waals surface area contributed by atoms with Crippen LogP contribution in [-0.4, -0.2) is 6.61 Å². The molecule has 0 amide bonds. The van der Waals surface area contributed by atoms with Crippen LogP contribution in [0.15, 0.2) is 40.9 Å². The molecular weight excluding hydrogens is 354 g/mol. The quantitative estimate of drug-likeness (QED) is 0.759. The maximum absolute atomic E-state index is 13.5. The number of rotatable bonds is 5. The normalized spacial score (nSPS) is 10.8. The first-order chi connectivity index (χ1) is 9.97. The highest BCUT2D eigenvalue weighted by molar-refractivity contribution is 9.10.